The molecule has 1 aromatic carbocycles. The van der Waals surface area contributed by atoms with Crippen molar-refractivity contribution in [2.45, 2.75) is 31.4 Å². The summed E-state index contributed by atoms with van der Waals surface area (Å²) in [6.45, 7) is 2.47. The second-order valence-corrected chi connectivity index (χ2v) is 5.87. The maximum absolute atomic E-state index is 12.1. The van der Waals surface area contributed by atoms with Crippen molar-refractivity contribution in [3.63, 3.8) is 0 Å². The molecule has 0 aliphatic rings. The van der Waals surface area contributed by atoms with Crippen molar-refractivity contribution < 1.29 is 13.2 Å². The van der Waals surface area contributed by atoms with E-state index >= 15 is 0 Å². The van der Waals surface area contributed by atoms with Gasteiger partial charge in [-0.15, -0.1) is 0 Å². The Morgan fingerprint density at radius 1 is 1.28 bits per heavy atom. The van der Waals surface area contributed by atoms with E-state index in [-0.39, 0.29) is 23.6 Å². The van der Waals surface area contributed by atoms with E-state index in [0.717, 1.165) is 10.0 Å². The van der Waals surface area contributed by atoms with Gasteiger partial charge in [0.15, 0.2) is 0 Å². The average molecular weight is 342 g/mol. The molecular formula is C12H15BrF3NS. The number of thioether (sulfide) groups is 1. The summed E-state index contributed by atoms with van der Waals surface area (Å²) in [5.74, 6) is 0.0521. The van der Waals surface area contributed by atoms with E-state index in [4.69, 9.17) is 0 Å². The summed E-state index contributed by atoms with van der Waals surface area (Å²) in [6, 6.07) is 7.60. The van der Waals surface area contributed by atoms with Gasteiger partial charge in [-0.25, -0.2) is 0 Å². The first kappa shape index (κ1) is 15.9. The molecule has 0 saturated heterocycles. The van der Waals surface area contributed by atoms with Crippen molar-refractivity contribution in [2.24, 2.45) is 0 Å². The Morgan fingerprint density at radius 2 is 1.89 bits per heavy atom. The van der Waals surface area contributed by atoms with Crippen LogP contribution in [-0.2, 0) is 6.54 Å². The molecule has 1 N–H and O–H groups in total. The zero-order valence-corrected chi connectivity index (χ0v) is 12.3. The third kappa shape index (κ3) is 6.66. The lowest BCUT2D eigenvalue weighted by atomic mass is 10.2. The van der Waals surface area contributed by atoms with Crippen LogP contribution in [0.3, 0.4) is 0 Å². The van der Waals surface area contributed by atoms with E-state index in [9.17, 15) is 13.2 Å². The highest BCUT2D eigenvalue weighted by Gasteiger charge is 2.29. The van der Waals surface area contributed by atoms with Gasteiger partial charge in [-0.05, 0) is 35.9 Å². The fourth-order valence-corrected chi connectivity index (χ4v) is 2.39. The summed E-state index contributed by atoms with van der Waals surface area (Å²) in [5.41, 5.74) is -3.08. The Hall–Kier alpha value is -0.200. The number of nitrogens with one attached hydrogen (secondary N) is 1. The SMILES string of the molecule is CCC(CSC(F)(F)F)NCc1ccc(Br)cc1. The molecule has 102 valence electrons. The first-order valence-corrected chi connectivity index (χ1v) is 7.37. The lowest BCUT2D eigenvalue weighted by Gasteiger charge is -2.17. The number of rotatable bonds is 6. The summed E-state index contributed by atoms with van der Waals surface area (Å²) in [7, 11) is 0. The van der Waals surface area contributed by atoms with Gasteiger partial charge in [0, 0.05) is 22.8 Å². The Kier molecular flexibility index (Phi) is 6.52. The highest BCUT2D eigenvalue weighted by molar-refractivity contribution is 9.10. The molecule has 0 heterocycles. The lowest BCUT2D eigenvalue weighted by Crippen LogP contribution is -2.31. The zero-order valence-electron chi connectivity index (χ0n) is 9.93. The molecule has 0 aliphatic heterocycles. The Bertz CT molecular complexity index is 353. The maximum atomic E-state index is 12.1. The van der Waals surface area contributed by atoms with Crippen molar-refractivity contribution >= 4 is 27.7 Å². The minimum absolute atomic E-state index is 0.0338. The maximum Gasteiger partial charge on any atom is 0.441 e. The summed E-state index contributed by atoms with van der Waals surface area (Å²) >= 11 is 3.37. The zero-order chi connectivity index (χ0) is 13.6. The van der Waals surface area contributed by atoms with Crippen molar-refractivity contribution in [3.8, 4) is 0 Å². The number of alkyl halides is 3. The summed E-state index contributed by atoms with van der Waals surface area (Å²) in [4.78, 5) is 0. The second kappa shape index (κ2) is 7.40. The van der Waals surface area contributed by atoms with Crippen LogP contribution in [-0.4, -0.2) is 17.3 Å². The summed E-state index contributed by atoms with van der Waals surface area (Å²) in [6.07, 6.45) is 0.680. The molecule has 1 atom stereocenters. The van der Waals surface area contributed by atoms with Gasteiger partial charge in [-0.1, -0.05) is 35.0 Å². The van der Waals surface area contributed by atoms with Gasteiger partial charge in [0.2, 0.25) is 0 Å². The van der Waals surface area contributed by atoms with Crippen LogP contribution in [0.1, 0.15) is 18.9 Å². The predicted molar refractivity (Wildman–Crippen MR) is 73.6 cm³/mol. The lowest BCUT2D eigenvalue weighted by molar-refractivity contribution is -0.0329. The molecule has 1 unspecified atom stereocenters. The highest BCUT2D eigenvalue weighted by atomic mass is 79.9. The van der Waals surface area contributed by atoms with Crippen LogP contribution in [0, 0.1) is 0 Å². The van der Waals surface area contributed by atoms with Crippen LogP contribution in [0.25, 0.3) is 0 Å². The highest BCUT2D eigenvalue weighted by Crippen LogP contribution is 2.30. The largest absolute Gasteiger partial charge is 0.441 e. The molecule has 0 bridgehead atoms. The molecule has 6 heteroatoms. The van der Waals surface area contributed by atoms with Crippen molar-refractivity contribution in [1.82, 2.24) is 5.32 Å². The molecule has 0 saturated carbocycles. The quantitative estimate of drug-likeness (QED) is 0.813. The van der Waals surface area contributed by atoms with Crippen molar-refractivity contribution in [2.75, 3.05) is 5.75 Å². The molecular weight excluding hydrogens is 327 g/mol. The molecule has 1 rings (SSSR count). The standard InChI is InChI=1S/C12H15BrF3NS/c1-2-11(8-18-12(14,15)16)17-7-9-3-5-10(13)6-4-9/h3-6,11,17H,2,7-8H2,1H3. The second-order valence-electron chi connectivity index (χ2n) is 3.87. The van der Waals surface area contributed by atoms with Crippen LogP contribution in [0.2, 0.25) is 0 Å². The fraction of sp³-hybridized carbons (Fsp3) is 0.500. The van der Waals surface area contributed by atoms with E-state index in [2.05, 4.69) is 21.2 Å². The number of hydrogen-bond donors (Lipinski definition) is 1. The first-order valence-electron chi connectivity index (χ1n) is 5.59. The number of halogens is 4. The molecule has 1 nitrogen and oxygen atoms in total. The molecule has 0 spiro atoms. The van der Waals surface area contributed by atoms with Crippen molar-refractivity contribution in [3.05, 3.63) is 34.3 Å². The monoisotopic (exact) mass is 341 g/mol. The Morgan fingerprint density at radius 3 is 2.39 bits per heavy atom. The molecule has 0 radical (unpaired) electrons. The van der Waals surface area contributed by atoms with E-state index in [1.807, 2.05) is 31.2 Å². The average Bonchev–Trinajstić information content (AvgIpc) is 2.30. The van der Waals surface area contributed by atoms with Crippen molar-refractivity contribution in [1.29, 1.82) is 0 Å². The van der Waals surface area contributed by atoms with Crippen LogP contribution < -0.4 is 5.32 Å². The molecule has 1 aromatic rings. The third-order valence-electron chi connectivity index (χ3n) is 2.45. The third-order valence-corrected chi connectivity index (χ3v) is 3.87. The fourth-order valence-electron chi connectivity index (χ4n) is 1.38. The van der Waals surface area contributed by atoms with Gasteiger partial charge >= 0.3 is 5.51 Å². The number of hydrogen-bond acceptors (Lipinski definition) is 2. The molecule has 0 amide bonds. The van der Waals surface area contributed by atoms with Gasteiger partial charge in [0.1, 0.15) is 0 Å². The molecule has 0 aliphatic carbocycles. The summed E-state index contributed by atoms with van der Waals surface area (Å²) < 4.78 is 37.3. The van der Waals surface area contributed by atoms with Gasteiger partial charge in [-0.3, -0.25) is 0 Å². The minimum Gasteiger partial charge on any atom is -0.309 e. The topological polar surface area (TPSA) is 12.0 Å². The normalized spacial score (nSPS) is 13.6. The smallest absolute Gasteiger partial charge is 0.309 e. The minimum atomic E-state index is -4.15. The van der Waals surface area contributed by atoms with Gasteiger partial charge < -0.3 is 5.32 Å². The molecule has 0 aromatic heterocycles. The number of benzene rings is 1. The Balaban J connectivity index is 2.37. The molecule has 18 heavy (non-hydrogen) atoms. The first-order chi connectivity index (χ1) is 8.40. The van der Waals surface area contributed by atoms with E-state index in [0.29, 0.717) is 13.0 Å². The van der Waals surface area contributed by atoms with Gasteiger partial charge in [0.25, 0.3) is 0 Å². The molecule has 0 fully saturated rings. The van der Waals surface area contributed by atoms with E-state index in [1.54, 1.807) is 0 Å². The Labute approximate surface area is 118 Å². The predicted octanol–water partition coefficient (Wildman–Crippen LogP) is 4.57. The summed E-state index contributed by atoms with van der Waals surface area (Å²) in [5, 5.41) is 3.14. The van der Waals surface area contributed by atoms with E-state index < -0.39 is 5.51 Å². The van der Waals surface area contributed by atoms with Crippen LogP contribution in [0.4, 0.5) is 13.2 Å². The van der Waals surface area contributed by atoms with Crippen LogP contribution >= 0.6 is 27.7 Å². The van der Waals surface area contributed by atoms with Crippen LogP contribution in [0.5, 0.6) is 0 Å². The van der Waals surface area contributed by atoms with Crippen LogP contribution in [0.15, 0.2) is 28.7 Å². The van der Waals surface area contributed by atoms with E-state index in [1.165, 1.54) is 0 Å². The van der Waals surface area contributed by atoms with Gasteiger partial charge in [-0.2, -0.15) is 13.2 Å². The van der Waals surface area contributed by atoms with Gasteiger partial charge in [0.05, 0.1) is 0 Å².